The van der Waals surface area contributed by atoms with E-state index in [1.165, 1.54) is 7.05 Å². The average molecular weight is 209 g/mol. The van der Waals surface area contributed by atoms with E-state index in [0.29, 0.717) is 13.0 Å². The number of rotatable bonds is 5. The number of carbonyl (C=O) groups excluding carboxylic acids is 2. The Hall–Kier alpha value is -1.41. The molecule has 1 heterocycles. The fraction of sp³-hybridized carbons (Fsp3) is 0.700. The molecular weight excluding hydrogens is 194 g/mol. The second kappa shape index (κ2) is 5.47. The highest BCUT2D eigenvalue weighted by Gasteiger charge is 2.35. The van der Waals surface area contributed by atoms with E-state index in [1.54, 1.807) is 0 Å². The number of likely N-dealkylation sites (N-methyl/N-ethyl adjacent to an activating group) is 1. The van der Waals surface area contributed by atoms with Gasteiger partial charge < -0.3 is 5.32 Å². The van der Waals surface area contributed by atoms with Crippen LogP contribution < -0.4 is 5.32 Å². The van der Waals surface area contributed by atoms with Crippen molar-refractivity contribution in [1.29, 1.82) is 5.26 Å². The Morgan fingerprint density at radius 1 is 1.53 bits per heavy atom. The first-order valence-electron chi connectivity index (χ1n) is 5.07. The lowest BCUT2D eigenvalue weighted by atomic mass is 10.2. The molecule has 1 aliphatic rings. The van der Waals surface area contributed by atoms with Gasteiger partial charge in [-0.05, 0) is 19.4 Å². The van der Waals surface area contributed by atoms with Crippen molar-refractivity contribution < 1.29 is 9.59 Å². The number of hydrogen-bond donors (Lipinski definition) is 1. The molecule has 1 rings (SSSR count). The fourth-order valence-electron chi connectivity index (χ4n) is 1.52. The van der Waals surface area contributed by atoms with E-state index >= 15 is 0 Å². The molecule has 0 bridgehead atoms. The first-order chi connectivity index (χ1) is 7.16. The van der Waals surface area contributed by atoms with Crippen LogP contribution in [0.3, 0.4) is 0 Å². The smallest absolute Gasteiger partial charge is 0.246 e. The summed E-state index contributed by atoms with van der Waals surface area (Å²) in [6.07, 6.45) is 2.48. The molecule has 0 aromatic rings. The number of unbranched alkanes of at least 4 members (excludes halogenated alkanes) is 2. The second-order valence-electron chi connectivity index (χ2n) is 3.62. The van der Waals surface area contributed by atoms with Gasteiger partial charge in [-0.1, -0.05) is 0 Å². The molecule has 0 aromatic heterocycles. The Bertz CT molecular complexity index is 296. The van der Waals surface area contributed by atoms with Crippen molar-refractivity contribution in [1.82, 2.24) is 10.2 Å². The standard InChI is InChI=1S/C10H15N3O2/c1-13-9(14)7-8(10(13)15)12-6-4-2-3-5-11/h8,12H,2-4,6-7H2,1H3. The number of hydrogen-bond acceptors (Lipinski definition) is 4. The van der Waals surface area contributed by atoms with Gasteiger partial charge in [0.1, 0.15) is 0 Å². The maximum absolute atomic E-state index is 11.4. The van der Waals surface area contributed by atoms with Gasteiger partial charge in [-0.2, -0.15) is 5.26 Å². The Balaban J connectivity index is 2.21. The van der Waals surface area contributed by atoms with Gasteiger partial charge >= 0.3 is 0 Å². The Labute approximate surface area is 89.0 Å². The van der Waals surface area contributed by atoms with E-state index < -0.39 is 0 Å². The molecule has 1 unspecified atom stereocenters. The number of amides is 2. The monoisotopic (exact) mass is 209 g/mol. The summed E-state index contributed by atoms with van der Waals surface area (Å²) in [6, 6.07) is 1.71. The highest BCUT2D eigenvalue weighted by Crippen LogP contribution is 2.10. The molecule has 1 atom stereocenters. The number of likely N-dealkylation sites (tertiary alicyclic amines) is 1. The molecule has 1 N–H and O–H groups in total. The maximum atomic E-state index is 11.4. The number of nitrogens with one attached hydrogen (secondary N) is 1. The van der Waals surface area contributed by atoms with Crippen LogP contribution in [0, 0.1) is 11.3 Å². The van der Waals surface area contributed by atoms with E-state index in [2.05, 4.69) is 11.4 Å². The van der Waals surface area contributed by atoms with Gasteiger partial charge in [0.15, 0.2) is 0 Å². The van der Waals surface area contributed by atoms with Crippen molar-refractivity contribution in [3.8, 4) is 6.07 Å². The third-order valence-electron chi connectivity index (χ3n) is 2.49. The summed E-state index contributed by atoms with van der Waals surface area (Å²) >= 11 is 0. The zero-order valence-corrected chi connectivity index (χ0v) is 8.82. The molecular formula is C10H15N3O2. The molecule has 1 fully saturated rings. The second-order valence-corrected chi connectivity index (χ2v) is 3.62. The largest absolute Gasteiger partial charge is 0.305 e. The van der Waals surface area contributed by atoms with E-state index in [0.717, 1.165) is 17.7 Å². The average Bonchev–Trinajstić information content (AvgIpc) is 2.46. The fourth-order valence-corrected chi connectivity index (χ4v) is 1.52. The Morgan fingerprint density at radius 2 is 2.27 bits per heavy atom. The third kappa shape index (κ3) is 3.03. The predicted octanol–water partition coefficient (Wildman–Crippen LogP) is 0.0272. The van der Waals surface area contributed by atoms with Crippen LogP contribution in [-0.4, -0.2) is 36.3 Å². The number of nitriles is 1. The molecule has 5 nitrogen and oxygen atoms in total. The van der Waals surface area contributed by atoms with Crippen LogP contribution in [0.4, 0.5) is 0 Å². The summed E-state index contributed by atoms with van der Waals surface area (Å²) in [5.41, 5.74) is 0. The number of carbonyl (C=O) groups is 2. The van der Waals surface area contributed by atoms with Gasteiger partial charge in [0.2, 0.25) is 11.8 Å². The molecule has 0 aromatic carbocycles. The van der Waals surface area contributed by atoms with Gasteiger partial charge in [-0.15, -0.1) is 0 Å². The van der Waals surface area contributed by atoms with E-state index in [1.807, 2.05) is 0 Å². The van der Waals surface area contributed by atoms with Crippen molar-refractivity contribution in [3.05, 3.63) is 0 Å². The van der Waals surface area contributed by atoms with Gasteiger partial charge in [0.25, 0.3) is 0 Å². The molecule has 82 valence electrons. The lowest BCUT2D eigenvalue weighted by molar-refractivity contribution is -0.137. The summed E-state index contributed by atoms with van der Waals surface area (Å²) in [4.78, 5) is 23.7. The predicted molar refractivity (Wildman–Crippen MR) is 53.6 cm³/mol. The number of nitrogens with zero attached hydrogens (tertiary/aromatic N) is 2. The van der Waals surface area contributed by atoms with Crippen molar-refractivity contribution in [2.75, 3.05) is 13.6 Å². The summed E-state index contributed by atoms with van der Waals surface area (Å²) in [6.45, 7) is 0.680. The minimum absolute atomic E-state index is 0.130. The summed E-state index contributed by atoms with van der Waals surface area (Å²) in [5.74, 6) is -0.283. The molecule has 0 aliphatic carbocycles. The normalized spacial score (nSPS) is 20.8. The van der Waals surface area contributed by atoms with Gasteiger partial charge in [-0.3, -0.25) is 14.5 Å². The van der Waals surface area contributed by atoms with Crippen LogP contribution in [0.2, 0.25) is 0 Å². The van der Waals surface area contributed by atoms with Gasteiger partial charge in [0, 0.05) is 13.5 Å². The van der Waals surface area contributed by atoms with Crippen molar-refractivity contribution in [2.24, 2.45) is 0 Å². The molecule has 0 spiro atoms. The Kier molecular flexibility index (Phi) is 4.25. The molecule has 1 aliphatic heterocycles. The SMILES string of the molecule is CN1C(=O)CC(NCCCCC#N)C1=O. The van der Waals surface area contributed by atoms with Gasteiger partial charge in [-0.25, -0.2) is 0 Å². The molecule has 2 amide bonds. The topological polar surface area (TPSA) is 73.2 Å². The van der Waals surface area contributed by atoms with Crippen molar-refractivity contribution in [2.45, 2.75) is 31.7 Å². The first-order valence-corrected chi connectivity index (χ1v) is 5.07. The molecule has 0 saturated carbocycles. The zero-order valence-electron chi connectivity index (χ0n) is 8.82. The van der Waals surface area contributed by atoms with Crippen molar-refractivity contribution >= 4 is 11.8 Å². The van der Waals surface area contributed by atoms with E-state index in [4.69, 9.17) is 5.26 Å². The third-order valence-corrected chi connectivity index (χ3v) is 2.49. The summed E-state index contributed by atoms with van der Waals surface area (Å²) in [7, 11) is 1.50. The highest BCUT2D eigenvalue weighted by molar-refractivity contribution is 6.05. The van der Waals surface area contributed by atoms with Gasteiger partial charge in [0.05, 0.1) is 18.5 Å². The number of imide groups is 1. The Morgan fingerprint density at radius 3 is 2.80 bits per heavy atom. The zero-order chi connectivity index (χ0) is 11.3. The quantitative estimate of drug-likeness (QED) is 0.512. The minimum Gasteiger partial charge on any atom is -0.305 e. The molecule has 5 heteroatoms. The highest BCUT2D eigenvalue weighted by atomic mass is 16.2. The molecule has 0 radical (unpaired) electrons. The molecule has 15 heavy (non-hydrogen) atoms. The van der Waals surface area contributed by atoms with Crippen LogP contribution in [0.1, 0.15) is 25.7 Å². The van der Waals surface area contributed by atoms with Crippen LogP contribution in [0.5, 0.6) is 0 Å². The first kappa shape index (κ1) is 11.7. The maximum Gasteiger partial charge on any atom is 0.246 e. The minimum atomic E-state index is -0.357. The van der Waals surface area contributed by atoms with Crippen LogP contribution in [0.15, 0.2) is 0 Å². The van der Waals surface area contributed by atoms with Crippen molar-refractivity contribution in [3.63, 3.8) is 0 Å². The van der Waals surface area contributed by atoms with Crippen LogP contribution in [-0.2, 0) is 9.59 Å². The van der Waals surface area contributed by atoms with E-state index in [9.17, 15) is 9.59 Å². The van der Waals surface area contributed by atoms with Crippen LogP contribution >= 0.6 is 0 Å². The molecule has 1 saturated heterocycles. The lowest BCUT2D eigenvalue weighted by Crippen LogP contribution is -2.37. The summed E-state index contributed by atoms with van der Waals surface area (Å²) in [5, 5.41) is 11.3. The summed E-state index contributed by atoms with van der Waals surface area (Å²) < 4.78 is 0. The lowest BCUT2D eigenvalue weighted by Gasteiger charge is -2.10. The van der Waals surface area contributed by atoms with Crippen LogP contribution in [0.25, 0.3) is 0 Å². The van der Waals surface area contributed by atoms with E-state index in [-0.39, 0.29) is 24.3 Å².